The molecule has 3 rings (SSSR count). The predicted octanol–water partition coefficient (Wildman–Crippen LogP) is 4.12. The average Bonchev–Trinajstić information content (AvgIpc) is 3.00. The Balaban J connectivity index is 2.09. The van der Waals surface area contributed by atoms with E-state index in [-0.39, 0.29) is 0 Å². The van der Waals surface area contributed by atoms with Crippen molar-refractivity contribution in [2.45, 2.75) is 13.1 Å². The summed E-state index contributed by atoms with van der Waals surface area (Å²) in [6.45, 7) is 1.77. The molecule has 2 aromatic heterocycles. The average molecular weight is 291 g/mol. The molecule has 0 fully saturated rings. The highest BCUT2D eigenvalue weighted by atomic mass is 35.5. The van der Waals surface area contributed by atoms with Gasteiger partial charge in [-0.25, -0.2) is 0 Å². The fourth-order valence-corrected chi connectivity index (χ4v) is 3.24. The minimum absolute atomic E-state index is 0.786. The molecule has 0 atom stereocenters. The van der Waals surface area contributed by atoms with Crippen molar-refractivity contribution in [1.82, 2.24) is 9.88 Å². The molecule has 2 heterocycles. The number of rotatable bonds is 4. The number of aromatic nitrogens is 1. The number of fused-ring (bicyclic) bond motifs is 1. The Morgan fingerprint density at radius 2 is 2.21 bits per heavy atom. The van der Waals surface area contributed by atoms with E-state index in [0.29, 0.717) is 0 Å². The second-order valence-electron chi connectivity index (χ2n) is 4.55. The van der Waals surface area contributed by atoms with E-state index in [1.54, 1.807) is 11.3 Å². The first-order valence-corrected chi connectivity index (χ1v) is 7.48. The van der Waals surface area contributed by atoms with E-state index in [1.165, 1.54) is 21.3 Å². The van der Waals surface area contributed by atoms with Crippen molar-refractivity contribution in [3.8, 4) is 0 Å². The number of thiophene rings is 1. The third kappa shape index (κ3) is 2.54. The molecule has 0 unspecified atom stereocenters. The summed E-state index contributed by atoms with van der Waals surface area (Å²) < 4.78 is 2.28. The number of nitrogens with zero attached hydrogens (tertiary/aromatic N) is 1. The van der Waals surface area contributed by atoms with Gasteiger partial charge >= 0.3 is 0 Å². The molecule has 1 aromatic carbocycles. The fourth-order valence-electron chi connectivity index (χ4n) is 2.37. The van der Waals surface area contributed by atoms with Crippen LogP contribution in [0.3, 0.4) is 0 Å². The van der Waals surface area contributed by atoms with Crippen molar-refractivity contribution in [3.05, 3.63) is 57.4 Å². The first-order valence-electron chi connectivity index (χ1n) is 6.22. The Bertz CT molecular complexity index is 686. The van der Waals surface area contributed by atoms with Gasteiger partial charge in [0, 0.05) is 28.0 Å². The summed E-state index contributed by atoms with van der Waals surface area (Å²) in [5.41, 5.74) is 2.51. The van der Waals surface area contributed by atoms with E-state index in [4.69, 9.17) is 11.6 Å². The molecule has 0 bridgehead atoms. The largest absolute Gasteiger partial charge is 0.342 e. The summed E-state index contributed by atoms with van der Waals surface area (Å²) in [5.74, 6) is 0. The maximum Gasteiger partial charge on any atom is 0.0569 e. The molecule has 4 heteroatoms. The zero-order valence-corrected chi connectivity index (χ0v) is 12.3. The van der Waals surface area contributed by atoms with Gasteiger partial charge in [0.05, 0.1) is 12.1 Å². The predicted molar refractivity (Wildman–Crippen MR) is 83.1 cm³/mol. The topological polar surface area (TPSA) is 17.0 Å². The van der Waals surface area contributed by atoms with Crippen LogP contribution in [0.1, 0.15) is 10.4 Å². The van der Waals surface area contributed by atoms with Gasteiger partial charge in [0.25, 0.3) is 0 Å². The molecule has 0 saturated carbocycles. The number of halogens is 1. The second kappa shape index (κ2) is 5.37. The van der Waals surface area contributed by atoms with Crippen molar-refractivity contribution in [1.29, 1.82) is 0 Å². The van der Waals surface area contributed by atoms with Crippen molar-refractivity contribution in [3.63, 3.8) is 0 Å². The van der Waals surface area contributed by atoms with E-state index in [1.807, 2.05) is 19.2 Å². The summed E-state index contributed by atoms with van der Waals surface area (Å²) in [7, 11) is 1.97. The SMILES string of the molecule is CNCc1cn(Cc2cccs2)c2cc(Cl)ccc12. The van der Waals surface area contributed by atoms with E-state index < -0.39 is 0 Å². The van der Waals surface area contributed by atoms with E-state index in [0.717, 1.165) is 18.1 Å². The minimum atomic E-state index is 0.786. The lowest BCUT2D eigenvalue weighted by Gasteiger charge is -2.03. The zero-order valence-electron chi connectivity index (χ0n) is 10.7. The summed E-state index contributed by atoms with van der Waals surface area (Å²) in [6.07, 6.45) is 2.22. The highest BCUT2D eigenvalue weighted by Gasteiger charge is 2.09. The van der Waals surface area contributed by atoms with Gasteiger partial charge in [-0.15, -0.1) is 11.3 Å². The molecule has 0 saturated heterocycles. The lowest BCUT2D eigenvalue weighted by Crippen LogP contribution is -2.04. The van der Waals surface area contributed by atoms with Crippen molar-refractivity contribution >= 4 is 33.8 Å². The highest BCUT2D eigenvalue weighted by molar-refractivity contribution is 7.09. The molecule has 1 N–H and O–H groups in total. The standard InChI is InChI=1S/C15H15ClN2S/c1-17-8-11-9-18(10-13-3-2-6-19-13)15-7-12(16)4-5-14(11)15/h2-7,9,17H,8,10H2,1H3. The van der Waals surface area contributed by atoms with Gasteiger partial charge in [-0.3, -0.25) is 0 Å². The molecule has 0 radical (unpaired) electrons. The molecule has 98 valence electrons. The van der Waals surface area contributed by atoms with Crippen molar-refractivity contribution < 1.29 is 0 Å². The summed E-state index contributed by atoms with van der Waals surface area (Å²) in [4.78, 5) is 1.35. The van der Waals surface area contributed by atoms with Crippen LogP contribution in [0.25, 0.3) is 10.9 Å². The van der Waals surface area contributed by atoms with Crippen LogP contribution in [0.4, 0.5) is 0 Å². The number of hydrogen-bond donors (Lipinski definition) is 1. The van der Waals surface area contributed by atoms with Gasteiger partial charge in [-0.1, -0.05) is 23.7 Å². The monoisotopic (exact) mass is 290 g/mol. The molecule has 0 spiro atoms. The molecular formula is C15H15ClN2S. The van der Waals surface area contributed by atoms with Crippen LogP contribution >= 0.6 is 22.9 Å². The normalized spacial score (nSPS) is 11.3. The Morgan fingerprint density at radius 1 is 1.32 bits per heavy atom. The van der Waals surface area contributed by atoms with Crippen LogP contribution in [0.2, 0.25) is 5.02 Å². The molecule has 0 aliphatic carbocycles. The molecular weight excluding hydrogens is 276 g/mol. The first kappa shape index (κ1) is 12.7. The Hall–Kier alpha value is -1.29. The molecule has 0 amide bonds. The Kier molecular flexibility index (Phi) is 3.60. The lowest BCUT2D eigenvalue weighted by atomic mass is 10.2. The van der Waals surface area contributed by atoms with Gasteiger partial charge in [0.2, 0.25) is 0 Å². The first-order chi connectivity index (χ1) is 9.28. The van der Waals surface area contributed by atoms with Gasteiger partial charge < -0.3 is 9.88 Å². The van der Waals surface area contributed by atoms with E-state index >= 15 is 0 Å². The van der Waals surface area contributed by atoms with Crippen LogP contribution in [0.15, 0.2) is 41.9 Å². The van der Waals surface area contributed by atoms with Crippen LogP contribution in [-0.4, -0.2) is 11.6 Å². The minimum Gasteiger partial charge on any atom is -0.342 e. The fraction of sp³-hybridized carbons (Fsp3) is 0.200. The van der Waals surface area contributed by atoms with Crippen LogP contribution in [0, 0.1) is 0 Å². The third-order valence-electron chi connectivity index (χ3n) is 3.20. The second-order valence-corrected chi connectivity index (χ2v) is 6.02. The number of benzene rings is 1. The van der Waals surface area contributed by atoms with Gasteiger partial charge in [0.1, 0.15) is 0 Å². The Labute approximate surface area is 121 Å². The van der Waals surface area contributed by atoms with E-state index in [2.05, 4.69) is 39.7 Å². The van der Waals surface area contributed by atoms with E-state index in [9.17, 15) is 0 Å². The number of nitrogens with one attached hydrogen (secondary N) is 1. The maximum atomic E-state index is 6.13. The van der Waals surface area contributed by atoms with Crippen LogP contribution < -0.4 is 5.32 Å². The highest BCUT2D eigenvalue weighted by Crippen LogP contribution is 2.26. The van der Waals surface area contributed by atoms with Crippen molar-refractivity contribution in [2.24, 2.45) is 0 Å². The molecule has 19 heavy (non-hydrogen) atoms. The van der Waals surface area contributed by atoms with Gasteiger partial charge in [-0.05, 0) is 36.2 Å². The van der Waals surface area contributed by atoms with Gasteiger partial charge in [-0.2, -0.15) is 0 Å². The van der Waals surface area contributed by atoms with Crippen molar-refractivity contribution in [2.75, 3.05) is 7.05 Å². The third-order valence-corrected chi connectivity index (χ3v) is 4.30. The quantitative estimate of drug-likeness (QED) is 0.765. The molecule has 0 aliphatic rings. The summed E-state index contributed by atoms with van der Waals surface area (Å²) in [6, 6.07) is 10.4. The summed E-state index contributed by atoms with van der Waals surface area (Å²) >= 11 is 7.92. The zero-order chi connectivity index (χ0) is 13.2. The maximum absolute atomic E-state index is 6.13. The number of hydrogen-bond acceptors (Lipinski definition) is 2. The lowest BCUT2D eigenvalue weighted by molar-refractivity contribution is 0.800. The van der Waals surface area contributed by atoms with Crippen LogP contribution in [-0.2, 0) is 13.1 Å². The summed E-state index contributed by atoms with van der Waals surface area (Å²) in [5, 5.41) is 7.39. The molecule has 0 aliphatic heterocycles. The molecule has 3 aromatic rings. The van der Waals surface area contributed by atoms with Gasteiger partial charge in [0.15, 0.2) is 0 Å². The molecule has 2 nitrogen and oxygen atoms in total. The van der Waals surface area contributed by atoms with Crippen LogP contribution in [0.5, 0.6) is 0 Å². The smallest absolute Gasteiger partial charge is 0.0569 e. The Morgan fingerprint density at radius 3 is 2.95 bits per heavy atom.